The number of hydrogen-bond donors (Lipinski definition) is 3. The molecule has 0 aliphatic carbocycles. The molecule has 5 heterocycles. The third-order valence-corrected chi connectivity index (χ3v) is 7.80. The summed E-state index contributed by atoms with van der Waals surface area (Å²) in [5.41, 5.74) is 0.970. The van der Waals surface area contributed by atoms with Crippen LogP contribution in [0.4, 0.5) is 22.2 Å². The number of sulfone groups is 1. The number of ether oxygens (including phenoxy) is 1. The van der Waals surface area contributed by atoms with E-state index in [1.54, 1.807) is 12.1 Å². The van der Waals surface area contributed by atoms with Gasteiger partial charge in [0.1, 0.15) is 17.2 Å². The average Bonchev–Trinajstić information content (AvgIpc) is 3.31. The molecule has 2 aliphatic rings. The fourth-order valence-electron chi connectivity index (χ4n) is 5.19. The summed E-state index contributed by atoms with van der Waals surface area (Å²) in [6.45, 7) is 7.54. The normalized spacial score (nSPS) is 21.8. The van der Waals surface area contributed by atoms with Gasteiger partial charge in [-0.05, 0) is 59.4 Å². The molecule has 12 heteroatoms. The lowest BCUT2D eigenvalue weighted by Crippen LogP contribution is -2.51. The van der Waals surface area contributed by atoms with E-state index in [9.17, 15) is 13.2 Å². The highest BCUT2D eigenvalue weighted by Gasteiger charge is 2.45. The number of H-pyrrole nitrogens is 1. The molecule has 1 amide bonds. The van der Waals surface area contributed by atoms with Crippen LogP contribution in [0, 0.1) is 6.92 Å². The van der Waals surface area contributed by atoms with Gasteiger partial charge in [0, 0.05) is 53.8 Å². The zero-order chi connectivity index (χ0) is 26.5. The van der Waals surface area contributed by atoms with Gasteiger partial charge < -0.3 is 20.3 Å². The van der Waals surface area contributed by atoms with Crippen molar-refractivity contribution in [2.24, 2.45) is 0 Å². The van der Waals surface area contributed by atoms with Gasteiger partial charge in [0.25, 0.3) is 0 Å². The van der Waals surface area contributed by atoms with Gasteiger partial charge in [-0.2, -0.15) is 5.10 Å². The second-order valence-electron chi connectivity index (χ2n) is 11.0. The standard InChI is InChI=1S/C25H33N7O4S/c1-14-8-22(31-30-14)28-21-12-20-19(11-18(13-26-20)37(5,34)35)23(29-21)27-15-9-16-6-7-17(10-15)32(16)24(33)36-25(2,3)4/h8,11-13,15-17H,6-7,9-10H2,1-5H3,(H3,27,28,29,30,31)/t15?,16-,17?/m0/s1. The first-order valence-electron chi connectivity index (χ1n) is 12.4. The molecule has 37 heavy (non-hydrogen) atoms. The highest BCUT2D eigenvalue weighted by Crippen LogP contribution is 2.38. The van der Waals surface area contributed by atoms with Gasteiger partial charge in [0.15, 0.2) is 15.7 Å². The maximum absolute atomic E-state index is 12.9. The van der Waals surface area contributed by atoms with E-state index in [4.69, 9.17) is 9.72 Å². The number of nitrogens with one attached hydrogen (secondary N) is 3. The molecule has 3 N–H and O–H groups in total. The van der Waals surface area contributed by atoms with Crippen molar-refractivity contribution >= 4 is 44.3 Å². The largest absolute Gasteiger partial charge is 0.444 e. The average molecular weight is 528 g/mol. The smallest absolute Gasteiger partial charge is 0.410 e. The third-order valence-electron chi connectivity index (χ3n) is 6.72. The molecule has 2 bridgehead atoms. The van der Waals surface area contributed by atoms with Crippen LogP contribution in [0.15, 0.2) is 29.3 Å². The number of carbonyl (C=O) groups excluding carboxylic acids is 1. The van der Waals surface area contributed by atoms with Crippen molar-refractivity contribution in [3.05, 3.63) is 30.1 Å². The summed E-state index contributed by atoms with van der Waals surface area (Å²) in [6.07, 6.45) is 5.61. The lowest BCUT2D eigenvalue weighted by atomic mass is 9.97. The highest BCUT2D eigenvalue weighted by molar-refractivity contribution is 7.90. The Hall–Kier alpha value is -3.41. The van der Waals surface area contributed by atoms with Gasteiger partial charge in [0.05, 0.1) is 10.4 Å². The van der Waals surface area contributed by atoms with Gasteiger partial charge in [-0.3, -0.25) is 10.1 Å². The number of rotatable bonds is 5. The maximum Gasteiger partial charge on any atom is 0.410 e. The van der Waals surface area contributed by atoms with Crippen molar-refractivity contribution < 1.29 is 17.9 Å². The second kappa shape index (κ2) is 9.16. The summed E-state index contributed by atoms with van der Waals surface area (Å²) in [5.74, 6) is 1.70. The van der Waals surface area contributed by atoms with Gasteiger partial charge in [-0.25, -0.2) is 18.2 Å². The predicted octanol–water partition coefficient (Wildman–Crippen LogP) is 4.15. The first-order chi connectivity index (χ1) is 17.4. The third kappa shape index (κ3) is 5.48. The van der Waals surface area contributed by atoms with E-state index >= 15 is 0 Å². The van der Waals surface area contributed by atoms with Crippen LogP contribution < -0.4 is 10.6 Å². The Balaban J connectivity index is 1.44. The van der Waals surface area contributed by atoms with E-state index in [1.165, 1.54) is 6.20 Å². The van der Waals surface area contributed by atoms with E-state index < -0.39 is 15.4 Å². The monoisotopic (exact) mass is 527 g/mol. The minimum absolute atomic E-state index is 0.0525. The molecule has 0 radical (unpaired) electrons. The molecule has 2 saturated heterocycles. The number of hydrogen-bond acceptors (Lipinski definition) is 9. The van der Waals surface area contributed by atoms with Crippen molar-refractivity contribution in [3.8, 4) is 0 Å². The summed E-state index contributed by atoms with van der Waals surface area (Å²) >= 11 is 0. The summed E-state index contributed by atoms with van der Waals surface area (Å²) in [7, 11) is -3.45. The van der Waals surface area contributed by atoms with Crippen molar-refractivity contribution in [2.75, 3.05) is 16.9 Å². The number of amides is 1. The molecule has 198 valence electrons. The number of nitrogens with zero attached hydrogens (tertiary/aromatic N) is 4. The molecule has 11 nitrogen and oxygen atoms in total. The Kier molecular flexibility index (Phi) is 6.25. The van der Waals surface area contributed by atoms with Gasteiger partial charge in [-0.1, -0.05) is 0 Å². The van der Waals surface area contributed by atoms with Crippen molar-refractivity contribution in [2.45, 2.75) is 82.0 Å². The van der Waals surface area contributed by atoms with Gasteiger partial charge in [0.2, 0.25) is 0 Å². The van der Waals surface area contributed by atoms with E-state index in [-0.39, 0.29) is 29.1 Å². The first kappa shape index (κ1) is 25.2. The second-order valence-corrected chi connectivity index (χ2v) is 13.0. The van der Waals surface area contributed by atoms with Crippen molar-refractivity contribution in [3.63, 3.8) is 0 Å². The molecule has 3 aromatic rings. The van der Waals surface area contributed by atoms with Crippen molar-refractivity contribution in [1.29, 1.82) is 0 Å². The summed E-state index contributed by atoms with van der Waals surface area (Å²) in [5, 5.41) is 14.5. The molecule has 0 aromatic carbocycles. The number of aromatic amines is 1. The molecule has 0 saturated carbocycles. The van der Waals surface area contributed by atoms with Crippen LogP contribution in [-0.2, 0) is 14.6 Å². The topological polar surface area (TPSA) is 142 Å². The molecule has 2 unspecified atom stereocenters. The Morgan fingerprint density at radius 2 is 1.84 bits per heavy atom. The van der Waals surface area contributed by atoms with E-state index in [0.29, 0.717) is 28.4 Å². The van der Waals surface area contributed by atoms with Gasteiger partial charge in [-0.15, -0.1) is 0 Å². The number of aromatic nitrogens is 4. The predicted molar refractivity (Wildman–Crippen MR) is 141 cm³/mol. The molecule has 3 atom stereocenters. The van der Waals surface area contributed by atoms with E-state index in [2.05, 4.69) is 25.8 Å². The molecule has 0 spiro atoms. The molecular formula is C25H33N7O4S. The van der Waals surface area contributed by atoms with Crippen LogP contribution in [0.3, 0.4) is 0 Å². The first-order valence-corrected chi connectivity index (χ1v) is 14.3. The molecule has 2 fully saturated rings. The Morgan fingerprint density at radius 1 is 1.14 bits per heavy atom. The molecule has 5 rings (SSSR count). The van der Waals surface area contributed by atoms with E-state index in [0.717, 1.165) is 37.6 Å². The Morgan fingerprint density at radius 3 is 2.43 bits per heavy atom. The fraction of sp³-hybridized carbons (Fsp3) is 0.520. The maximum atomic E-state index is 12.9. The molecule has 2 aliphatic heterocycles. The molecular weight excluding hydrogens is 494 g/mol. The van der Waals surface area contributed by atoms with Crippen LogP contribution in [-0.4, -0.2) is 69.6 Å². The lowest BCUT2D eigenvalue weighted by molar-refractivity contribution is 0.00683. The summed E-state index contributed by atoms with van der Waals surface area (Å²) in [4.78, 5) is 24.1. The van der Waals surface area contributed by atoms with E-state index in [1.807, 2.05) is 38.7 Å². The number of piperidine rings is 1. The fourth-order valence-corrected chi connectivity index (χ4v) is 5.77. The van der Waals surface area contributed by atoms with Gasteiger partial charge >= 0.3 is 6.09 Å². The summed E-state index contributed by atoms with van der Waals surface area (Å²) in [6, 6.07) is 5.46. The Labute approximate surface area is 216 Å². The number of fused-ring (bicyclic) bond motifs is 3. The quantitative estimate of drug-likeness (QED) is 0.446. The zero-order valence-electron chi connectivity index (χ0n) is 21.7. The number of anilines is 3. The number of pyridine rings is 2. The number of carbonyl (C=O) groups is 1. The molecule has 3 aromatic heterocycles. The zero-order valence-corrected chi connectivity index (χ0v) is 22.5. The van der Waals surface area contributed by atoms with Crippen LogP contribution >= 0.6 is 0 Å². The van der Waals surface area contributed by atoms with Crippen LogP contribution in [0.25, 0.3) is 10.9 Å². The lowest BCUT2D eigenvalue weighted by Gasteiger charge is -2.39. The van der Waals surface area contributed by atoms with Crippen LogP contribution in [0.5, 0.6) is 0 Å². The number of aryl methyl sites for hydroxylation is 1. The highest BCUT2D eigenvalue weighted by atomic mass is 32.2. The van der Waals surface area contributed by atoms with Crippen LogP contribution in [0.2, 0.25) is 0 Å². The minimum atomic E-state index is -3.45. The summed E-state index contributed by atoms with van der Waals surface area (Å²) < 4.78 is 30.1. The minimum Gasteiger partial charge on any atom is -0.444 e. The SMILES string of the molecule is Cc1cc(Nc2cc3ncc(S(C)(=O)=O)cc3c(NC3CC4CC[C@@H](C3)N4C(=O)OC(C)(C)C)n2)n[nH]1. The van der Waals surface area contributed by atoms with Crippen LogP contribution in [0.1, 0.15) is 52.1 Å². The van der Waals surface area contributed by atoms with Crippen molar-refractivity contribution in [1.82, 2.24) is 25.1 Å². The Bertz CT molecular complexity index is 1430.